The van der Waals surface area contributed by atoms with Gasteiger partial charge in [0.25, 0.3) is 11.6 Å². The third-order valence-electron chi connectivity index (χ3n) is 4.40. The molecule has 0 aliphatic carbocycles. The smallest absolute Gasteiger partial charge is 0.330 e. The van der Waals surface area contributed by atoms with E-state index in [4.69, 9.17) is 9.47 Å². The van der Waals surface area contributed by atoms with Gasteiger partial charge < -0.3 is 14.4 Å². The lowest BCUT2D eigenvalue weighted by Crippen LogP contribution is -2.66. The largest absolute Gasteiger partial charge is 0.459 e. The lowest BCUT2D eigenvalue weighted by atomic mass is 9.97. The normalized spacial score (nSPS) is 26.8. The van der Waals surface area contributed by atoms with Crippen LogP contribution in [-0.2, 0) is 25.7 Å². The molecule has 3 rings (SSSR count). The number of nitrogens with zero attached hydrogens (tertiary/aromatic N) is 2. The number of amides is 1. The summed E-state index contributed by atoms with van der Waals surface area (Å²) in [6, 6.07) is 5.11. The fourth-order valence-electron chi connectivity index (χ4n) is 3.12. The molecule has 2 heterocycles. The Morgan fingerprint density at radius 2 is 2.00 bits per heavy atom. The minimum absolute atomic E-state index is 0.00548. The zero-order chi connectivity index (χ0) is 18.4. The monoisotopic (exact) mass is 366 g/mol. The molecule has 0 aromatic heterocycles. The van der Waals surface area contributed by atoms with Crippen molar-refractivity contribution in [3.05, 3.63) is 39.9 Å². The number of hydrogen-bond acceptors (Lipinski definition) is 7. The molecule has 25 heavy (non-hydrogen) atoms. The zero-order valence-electron chi connectivity index (χ0n) is 14.0. The average Bonchev–Trinajstić information content (AvgIpc) is 2.81. The summed E-state index contributed by atoms with van der Waals surface area (Å²) in [7, 11) is 1.48. The second-order valence-electron chi connectivity index (χ2n) is 6.45. The highest BCUT2D eigenvalue weighted by molar-refractivity contribution is 8.01. The Morgan fingerprint density at radius 1 is 1.36 bits per heavy atom. The van der Waals surface area contributed by atoms with Gasteiger partial charge in [0.05, 0.1) is 4.92 Å². The number of β-lactam (4-membered cyclic amide) rings is 1. The number of rotatable bonds is 5. The van der Waals surface area contributed by atoms with Gasteiger partial charge >= 0.3 is 5.97 Å². The molecule has 2 aliphatic heterocycles. The van der Waals surface area contributed by atoms with E-state index in [2.05, 4.69) is 0 Å². The number of hydrogen-bond donors (Lipinski definition) is 0. The summed E-state index contributed by atoms with van der Waals surface area (Å²) in [5, 5.41) is 10.5. The van der Waals surface area contributed by atoms with E-state index in [1.54, 1.807) is 12.1 Å². The highest BCUT2D eigenvalue weighted by atomic mass is 32.2. The summed E-state index contributed by atoms with van der Waals surface area (Å²) < 4.78 is 10.0. The van der Waals surface area contributed by atoms with Gasteiger partial charge in [0, 0.05) is 24.0 Å². The predicted octanol–water partition coefficient (Wildman–Crippen LogP) is 1.72. The van der Waals surface area contributed by atoms with Crippen LogP contribution in [0.3, 0.4) is 0 Å². The number of carbonyl (C=O) groups is 2. The molecule has 0 radical (unpaired) electrons. The summed E-state index contributed by atoms with van der Waals surface area (Å²) in [4.78, 5) is 36.4. The Labute approximate surface area is 148 Å². The van der Waals surface area contributed by atoms with E-state index >= 15 is 0 Å². The Morgan fingerprint density at radius 3 is 2.56 bits per heavy atom. The van der Waals surface area contributed by atoms with Crippen molar-refractivity contribution < 1.29 is 24.0 Å². The summed E-state index contributed by atoms with van der Waals surface area (Å²) in [5.41, 5.74) is 0.617. The number of benzene rings is 1. The second kappa shape index (κ2) is 6.30. The van der Waals surface area contributed by atoms with Gasteiger partial charge in [0.2, 0.25) is 0 Å². The van der Waals surface area contributed by atoms with Crippen LogP contribution in [0.1, 0.15) is 19.4 Å². The highest BCUT2D eigenvalue weighted by Gasteiger charge is 2.64. The van der Waals surface area contributed by atoms with Gasteiger partial charge in [-0.1, -0.05) is 0 Å². The van der Waals surface area contributed by atoms with E-state index in [0.717, 1.165) is 0 Å². The molecule has 134 valence electrons. The number of nitro benzene ring substituents is 1. The summed E-state index contributed by atoms with van der Waals surface area (Å²) in [6.45, 7) is 3.79. The minimum Gasteiger partial charge on any atom is -0.459 e. The van der Waals surface area contributed by atoms with Crippen LogP contribution in [-0.4, -0.2) is 51.1 Å². The Hall–Kier alpha value is -2.13. The number of fused-ring (bicyclic) bond motifs is 1. The van der Waals surface area contributed by atoms with Crippen LogP contribution in [0.5, 0.6) is 0 Å². The molecule has 2 fully saturated rings. The maximum atomic E-state index is 12.6. The van der Waals surface area contributed by atoms with Gasteiger partial charge in [-0.2, -0.15) is 0 Å². The molecular weight excluding hydrogens is 348 g/mol. The molecule has 9 heteroatoms. The number of nitro groups is 1. The molecule has 0 unspecified atom stereocenters. The van der Waals surface area contributed by atoms with Crippen molar-refractivity contribution in [2.75, 3.05) is 7.11 Å². The SMILES string of the molecule is CO[C@@H]1C(=O)N2[C@@H]1SC(C)(C)[C@@H]2C(=O)OCc1ccc([N+](=O)[O-])cc1. The maximum absolute atomic E-state index is 12.6. The van der Waals surface area contributed by atoms with E-state index in [1.165, 1.54) is 35.9 Å². The fourth-order valence-corrected chi connectivity index (χ4v) is 4.77. The van der Waals surface area contributed by atoms with Crippen LogP contribution in [0, 0.1) is 10.1 Å². The fraction of sp³-hybridized carbons (Fsp3) is 0.500. The highest BCUT2D eigenvalue weighted by Crippen LogP contribution is 2.51. The van der Waals surface area contributed by atoms with Gasteiger partial charge in [-0.25, -0.2) is 4.79 Å². The van der Waals surface area contributed by atoms with Crippen LogP contribution < -0.4 is 0 Å². The number of ether oxygens (including phenoxy) is 2. The third-order valence-corrected chi connectivity index (χ3v) is 5.94. The first kappa shape index (κ1) is 17.7. The third kappa shape index (κ3) is 2.98. The standard InChI is InChI=1S/C16H18N2O6S/c1-16(2)12(17-13(19)11(23-3)14(17)25-16)15(20)24-8-9-4-6-10(7-5-9)18(21)22/h4-7,11-12,14H,8H2,1-3H3/t11-,12+,14-/m1/s1. The molecule has 0 bridgehead atoms. The summed E-state index contributed by atoms with van der Waals surface area (Å²) in [5.74, 6) is -0.691. The minimum atomic E-state index is -0.681. The molecule has 1 aromatic carbocycles. The Bertz CT molecular complexity index is 720. The zero-order valence-corrected chi connectivity index (χ0v) is 14.8. The van der Waals surface area contributed by atoms with E-state index in [-0.39, 0.29) is 23.6 Å². The number of methoxy groups -OCH3 is 1. The molecular formula is C16H18N2O6S. The van der Waals surface area contributed by atoms with E-state index in [0.29, 0.717) is 5.56 Å². The van der Waals surface area contributed by atoms with Crippen molar-refractivity contribution in [3.8, 4) is 0 Å². The quantitative estimate of drug-likeness (QED) is 0.338. The molecule has 1 amide bonds. The van der Waals surface area contributed by atoms with Gasteiger partial charge in [-0.3, -0.25) is 14.9 Å². The number of carbonyl (C=O) groups excluding carboxylic acids is 2. The summed E-state index contributed by atoms with van der Waals surface area (Å²) >= 11 is 1.52. The molecule has 3 atom stereocenters. The van der Waals surface area contributed by atoms with Crippen molar-refractivity contribution in [2.45, 2.75) is 42.7 Å². The lowest BCUT2D eigenvalue weighted by Gasteiger charge is -2.42. The van der Waals surface area contributed by atoms with Crippen LogP contribution in [0.15, 0.2) is 24.3 Å². The number of thioether (sulfide) groups is 1. The molecule has 2 saturated heterocycles. The maximum Gasteiger partial charge on any atom is 0.330 e. The van der Waals surface area contributed by atoms with Crippen LogP contribution in [0.25, 0.3) is 0 Å². The van der Waals surface area contributed by atoms with Crippen molar-refractivity contribution in [2.24, 2.45) is 0 Å². The van der Waals surface area contributed by atoms with Gasteiger partial charge in [-0.05, 0) is 31.5 Å². The first-order valence-corrected chi connectivity index (χ1v) is 8.57. The Balaban J connectivity index is 1.66. The van der Waals surface area contributed by atoms with E-state index < -0.39 is 27.8 Å². The summed E-state index contributed by atoms with van der Waals surface area (Å²) in [6.07, 6.45) is -0.517. The van der Waals surface area contributed by atoms with Crippen molar-refractivity contribution >= 4 is 29.3 Å². The van der Waals surface area contributed by atoms with Crippen molar-refractivity contribution in [1.82, 2.24) is 4.90 Å². The van der Waals surface area contributed by atoms with Crippen LogP contribution in [0.4, 0.5) is 5.69 Å². The second-order valence-corrected chi connectivity index (χ2v) is 8.22. The van der Waals surface area contributed by atoms with Crippen molar-refractivity contribution in [1.29, 1.82) is 0 Å². The first-order chi connectivity index (χ1) is 11.8. The number of non-ortho nitro benzene ring substituents is 1. The van der Waals surface area contributed by atoms with Crippen molar-refractivity contribution in [3.63, 3.8) is 0 Å². The topological polar surface area (TPSA) is 99.0 Å². The molecule has 0 saturated carbocycles. The van der Waals surface area contributed by atoms with Gasteiger partial charge in [0.15, 0.2) is 6.10 Å². The van der Waals surface area contributed by atoms with E-state index in [1.807, 2.05) is 13.8 Å². The first-order valence-electron chi connectivity index (χ1n) is 7.69. The van der Waals surface area contributed by atoms with Crippen LogP contribution >= 0.6 is 11.8 Å². The van der Waals surface area contributed by atoms with Gasteiger partial charge in [0.1, 0.15) is 18.0 Å². The van der Waals surface area contributed by atoms with Crippen LogP contribution in [0.2, 0.25) is 0 Å². The average molecular weight is 366 g/mol. The predicted molar refractivity (Wildman–Crippen MR) is 89.8 cm³/mol. The molecule has 0 spiro atoms. The molecule has 8 nitrogen and oxygen atoms in total. The van der Waals surface area contributed by atoms with E-state index in [9.17, 15) is 19.7 Å². The lowest BCUT2D eigenvalue weighted by molar-refractivity contribution is -0.384. The van der Waals surface area contributed by atoms with Gasteiger partial charge in [-0.15, -0.1) is 11.8 Å². The molecule has 2 aliphatic rings. The Kier molecular flexibility index (Phi) is 4.46. The number of esters is 1. The molecule has 0 N–H and O–H groups in total. The molecule has 1 aromatic rings.